The van der Waals surface area contributed by atoms with Crippen LogP contribution >= 0.6 is 0 Å². The summed E-state index contributed by atoms with van der Waals surface area (Å²) < 4.78 is 5.23. The van der Waals surface area contributed by atoms with Crippen molar-refractivity contribution in [2.75, 3.05) is 19.0 Å². The summed E-state index contributed by atoms with van der Waals surface area (Å²) in [6.45, 7) is 6.32. The molecule has 2 rings (SSSR count). The summed E-state index contributed by atoms with van der Waals surface area (Å²) in [5.41, 5.74) is 2.00. The van der Waals surface area contributed by atoms with Gasteiger partial charge in [0, 0.05) is 26.4 Å². The molecule has 0 aromatic carbocycles. The molecule has 0 saturated heterocycles. The van der Waals surface area contributed by atoms with Crippen LogP contribution in [0.1, 0.15) is 41.4 Å². The molecular formula is C16H23N5O2. The molecule has 0 spiro atoms. The lowest BCUT2D eigenvalue weighted by Crippen LogP contribution is -2.24. The highest BCUT2D eigenvalue weighted by Gasteiger charge is 2.13. The Hall–Kier alpha value is -2.44. The molecule has 7 heteroatoms. The average Bonchev–Trinajstić information content (AvgIpc) is 2.91. The Morgan fingerprint density at radius 1 is 1.39 bits per heavy atom. The van der Waals surface area contributed by atoms with Crippen LogP contribution in [0.2, 0.25) is 0 Å². The van der Waals surface area contributed by atoms with Crippen LogP contribution in [0.4, 0.5) is 5.95 Å². The first-order valence-electron chi connectivity index (χ1n) is 7.60. The first-order chi connectivity index (χ1) is 10.9. The molecule has 0 aliphatic rings. The van der Waals surface area contributed by atoms with Crippen molar-refractivity contribution in [3.8, 4) is 0 Å². The van der Waals surface area contributed by atoms with Gasteiger partial charge in [0.05, 0.1) is 23.5 Å². The van der Waals surface area contributed by atoms with Gasteiger partial charge in [-0.05, 0) is 19.3 Å². The van der Waals surface area contributed by atoms with Gasteiger partial charge in [-0.3, -0.25) is 4.79 Å². The Kier molecular flexibility index (Phi) is 5.31. The molecule has 1 amide bonds. The maximum atomic E-state index is 12.2. The van der Waals surface area contributed by atoms with Gasteiger partial charge in [-0.2, -0.15) is 0 Å². The van der Waals surface area contributed by atoms with Crippen LogP contribution in [0.3, 0.4) is 0 Å². The lowest BCUT2D eigenvalue weighted by atomic mass is 10.1. The summed E-state index contributed by atoms with van der Waals surface area (Å²) in [6.07, 6.45) is 2.40. The molecule has 2 aromatic rings. The topological polar surface area (TPSA) is 84.2 Å². The fourth-order valence-corrected chi connectivity index (χ4v) is 2.11. The number of hydrogen-bond donors (Lipinski definition) is 1. The second-order valence-corrected chi connectivity index (χ2v) is 6.13. The third-order valence-corrected chi connectivity index (χ3v) is 3.26. The van der Waals surface area contributed by atoms with Gasteiger partial charge in [0.15, 0.2) is 5.76 Å². The number of carbonyl (C=O) groups is 1. The lowest BCUT2D eigenvalue weighted by molar-refractivity contribution is 0.0945. The van der Waals surface area contributed by atoms with Crippen LogP contribution < -0.4 is 10.2 Å². The maximum absolute atomic E-state index is 12.2. The van der Waals surface area contributed by atoms with Crippen LogP contribution in [-0.4, -0.2) is 35.1 Å². The van der Waals surface area contributed by atoms with Gasteiger partial charge in [-0.1, -0.05) is 19.0 Å². The molecule has 23 heavy (non-hydrogen) atoms. The molecule has 2 aromatic heterocycles. The van der Waals surface area contributed by atoms with Crippen molar-refractivity contribution in [1.82, 2.24) is 20.4 Å². The minimum atomic E-state index is -0.227. The first kappa shape index (κ1) is 16.9. The number of nitrogens with one attached hydrogen (secondary N) is 1. The van der Waals surface area contributed by atoms with E-state index in [4.69, 9.17) is 4.52 Å². The average molecular weight is 317 g/mol. The van der Waals surface area contributed by atoms with Crippen LogP contribution in [0, 0.1) is 12.8 Å². The molecule has 0 bridgehead atoms. The maximum Gasteiger partial charge on any atom is 0.255 e. The highest BCUT2D eigenvalue weighted by Crippen LogP contribution is 2.11. The molecule has 0 aliphatic heterocycles. The highest BCUT2D eigenvalue weighted by molar-refractivity contribution is 5.94. The van der Waals surface area contributed by atoms with E-state index in [2.05, 4.69) is 34.3 Å². The summed E-state index contributed by atoms with van der Waals surface area (Å²) in [5, 5.41) is 6.80. The van der Waals surface area contributed by atoms with E-state index in [0.29, 0.717) is 35.4 Å². The lowest BCUT2D eigenvalue weighted by Gasteiger charge is -2.12. The largest absolute Gasteiger partial charge is 0.359 e. The van der Waals surface area contributed by atoms with E-state index in [9.17, 15) is 4.79 Å². The fraction of sp³-hybridized carbons (Fsp3) is 0.500. The summed E-state index contributed by atoms with van der Waals surface area (Å²) in [5.74, 6) is 1.50. The first-order valence-corrected chi connectivity index (χ1v) is 7.60. The predicted molar refractivity (Wildman–Crippen MR) is 87.3 cm³/mol. The van der Waals surface area contributed by atoms with Crippen molar-refractivity contribution in [2.24, 2.45) is 5.92 Å². The Labute approximate surface area is 136 Å². The number of aromatic nitrogens is 3. The number of nitrogens with zero attached hydrogens (tertiary/aromatic N) is 4. The Bertz CT molecular complexity index is 679. The molecule has 0 radical (unpaired) electrons. The second kappa shape index (κ2) is 7.21. The van der Waals surface area contributed by atoms with Crippen LogP contribution in [-0.2, 0) is 13.0 Å². The monoisotopic (exact) mass is 317 g/mol. The van der Waals surface area contributed by atoms with Crippen LogP contribution in [0.15, 0.2) is 16.8 Å². The molecule has 0 atom stereocenters. The number of amides is 1. The molecule has 0 fully saturated rings. The highest BCUT2D eigenvalue weighted by atomic mass is 16.5. The van der Waals surface area contributed by atoms with Gasteiger partial charge >= 0.3 is 0 Å². The minimum absolute atomic E-state index is 0.227. The molecule has 2 heterocycles. The van der Waals surface area contributed by atoms with E-state index < -0.39 is 0 Å². The second-order valence-electron chi connectivity index (χ2n) is 6.13. The zero-order valence-corrected chi connectivity index (χ0v) is 14.3. The van der Waals surface area contributed by atoms with Crippen LogP contribution in [0.5, 0.6) is 0 Å². The summed E-state index contributed by atoms with van der Waals surface area (Å²) in [6, 6.07) is 1.87. The normalized spacial score (nSPS) is 10.9. The number of carbonyl (C=O) groups excluding carboxylic acids is 1. The third-order valence-electron chi connectivity index (χ3n) is 3.26. The van der Waals surface area contributed by atoms with E-state index in [0.717, 1.165) is 12.1 Å². The van der Waals surface area contributed by atoms with Gasteiger partial charge in [-0.15, -0.1) is 0 Å². The van der Waals surface area contributed by atoms with Crippen molar-refractivity contribution >= 4 is 11.9 Å². The quantitative estimate of drug-likeness (QED) is 0.877. The summed E-state index contributed by atoms with van der Waals surface area (Å²) in [4.78, 5) is 22.5. The van der Waals surface area contributed by atoms with E-state index in [1.807, 2.05) is 20.2 Å². The van der Waals surface area contributed by atoms with Gasteiger partial charge in [0.25, 0.3) is 5.91 Å². The molecular weight excluding hydrogens is 294 g/mol. The Balaban J connectivity index is 1.98. The molecule has 0 unspecified atom stereocenters. The number of rotatable bonds is 6. The van der Waals surface area contributed by atoms with Gasteiger partial charge in [0.1, 0.15) is 0 Å². The minimum Gasteiger partial charge on any atom is -0.359 e. The molecule has 0 aliphatic carbocycles. The molecule has 1 N–H and O–H groups in total. The Morgan fingerprint density at radius 3 is 2.74 bits per heavy atom. The SMILES string of the molecule is Cc1nc(N(C)C)ncc1C(=O)NCc1cc(CC(C)C)no1. The summed E-state index contributed by atoms with van der Waals surface area (Å²) >= 11 is 0. The standard InChI is InChI=1S/C16H23N5O2/c1-10(2)6-12-7-13(23-20-12)8-17-15(22)14-9-18-16(21(4)5)19-11(14)3/h7,9-10H,6,8H2,1-5H3,(H,17,22). The van der Waals surface area contributed by atoms with E-state index in [1.165, 1.54) is 6.20 Å². The van der Waals surface area contributed by atoms with E-state index >= 15 is 0 Å². The van der Waals surface area contributed by atoms with Crippen LogP contribution in [0.25, 0.3) is 0 Å². The van der Waals surface area contributed by atoms with E-state index in [1.54, 1.807) is 11.8 Å². The van der Waals surface area contributed by atoms with E-state index in [-0.39, 0.29) is 5.91 Å². The predicted octanol–water partition coefficient (Wildman–Crippen LogP) is 1.97. The molecule has 7 nitrogen and oxygen atoms in total. The van der Waals surface area contributed by atoms with Gasteiger partial charge in [0.2, 0.25) is 5.95 Å². The molecule has 124 valence electrons. The zero-order valence-electron chi connectivity index (χ0n) is 14.3. The van der Waals surface area contributed by atoms with Gasteiger partial charge < -0.3 is 14.7 Å². The summed E-state index contributed by atoms with van der Waals surface area (Å²) in [7, 11) is 3.71. The number of aryl methyl sites for hydroxylation is 1. The third kappa shape index (κ3) is 4.51. The molecule has 0 saturated carbocycles. The van der Waals surface area contributed by atoms with Crippen molar-refractivity contribution in [3.05, 3.63) is 35.0 Å². The van der Waals surface area contributed by atoms with Crippen molar-refractivity contribution < 1.29 is 9.32 Å². The number of anilines is 1. The Morgan fingerprint density at radius 2 is 2.13 bits per heavy atom. The fourth-order valence-electron chi connectivity index (χ4n) is 2.11. The van der Waals surface area contributed by atoms with Gasteiger partial charge in [-0.25, -0.2) is 9.97 Å². The zero-order chi connectivity index (χ0) is 17.0. The number of hydrogen-bond acceptors (Lipinski definition) is 6. The van der Waals surface area contributed by atoms with Crippen molar-refractivity contribution in [1.29, 1.82) is 0 Å². The van der Waals surface area contributed by atoms with Crippen molar-refractivity contribution in [3.63, 3.8) is 0 Å². The van der Waals surface area contributed by atoms with Crippen molar-refractivity contribution in [2.45, 2.75) is 33.7 Å². The smallest absolute Gasteiger partial charge is 0.255 e.